The largest absolute Gasteiger partial charge is 0.328 e. The summed E-state index contributed by atoms with van der Waals surface area (Å²) in [7, 11) is 1.90. The van der Waals surface area contributed by atoms with Crippen molar-refractivity contribution in [2.75, 3.05) is 0 Å². The Morgan fingerprint density at radius 3 is 2.88 bits per heavy atom. The van der Waals surface area contributed by atoms with Crippen molar-refractivity contribution in [3.63, 3.8) is 0 Å². The van der Waals surface area contributed by atoms with Crippen molar-refractivity contribution in [3.05, 3.63) is 40.8 Å². The summed E-state index contributed by atoms with van der Waals surface area (Å²) < 4.78 is 5.42. The van der Waals surface area contributed by atoms with Crippen LogP contribution in [0.2, 0.25) is 0 Å². The van der Waals surface area contributed by atoms with Crippen molar-refractivity contribution >= 4 is 0 Å². The molecule has 1 fully saturated rings. The molecule has 5 nitrogen and oxygen atoms in total. The van der Waals surface area contributed by atoms with Crippen molar-refractivity contribution < 1.29 is 0 Å². The first-order valence-corrected chi connectivity index (χ1v) is 5.99. The SMILES string of the molecule is Cn1cc(CCn2ccn(C3CC3)c2=O)cn1. The van der Waals surface area contributed by atoms with Gasteiger partial charge in [0.2, 0.25) is 0 Å². The third kappa shape index (κ3) is 2.05. The van der Waals surface area contributed by atoms with E-state index in [1.54, 1.807) is 9.25 Å². The topological polar surface area (TPSA) is 44.8 Å². The van der Waals surface area contributed by atoms with Gasteiger partial charge in [0.15, 0.2) is 0 Å². The highest BCUT2D eigenvalue weighted by atomic mass is 16.1. The summed E-state index contributed by atoms with van der Waals surface area (Å²) >= 11 is 0. The molecule has 0 spiro atoms. The highest BCUT2D eigenvalue weighted by Crippen LogP contribution is 2.33. The molecule has 0 atom stereocenters. The maximum atomic E-state index is 12.0. The Kier molecular flexibility index (Phi) is 2.39. The summed E-state index contributed by atoms with van der Waals surface area (Å²) in [6, 6.07) is 0.460. The predicted molar refractivity (Wildman–Crippen MR) is 63.9 cm³/mol. The van der Waals surface area contributed by atoms with Crippen LogP contribution >= 0.6 is 0 Å². The molecule has 0 aliphatic heterocycles. The molecule has 2 aromatic rings. The first-order chi connectivity index (χ1) is 8.24. The molecular formula is C12H16N4O. The third-order valence-electron chi connectivity index (χ3n) is 3.21. The zero-order chi connectivity index (χ0) is 11.8. The smallest absolute Gasteiger partial charge is 0.299 e. The predicted octanol–water partition coefficient (Wildman–Crippen LogP) is 0.961. The fourth-order valence-electron chi connectivity index (χ4n) is 2.08. The number of hydrogen-bond donors (Lipinski definition) is 0. The second kappa shape index (κ2) is 3.91. The number of aromatic nitrogens is 4. The van der Waals surface area contributed by atoms with E-state index in [1.165, 1.54) is 5.56 Å². The summed E-state index contributed by atoms with van der Waals surface area (Å²) in [5.41, 5.74) is 1.29. The summed E-state index contributed by atoms with van der Waals surface area (Å²) in [5.74, 6) is 0. The molecule has 2 heterocycles. The Morgan fingerprint density at radius 2 is 2.24 bits per heavy atom. The van der Waals surface area contributed by atoms with Gasteiger partial charge in [0.05, 0.1) is 6.20 Å². The van der Waals surface area contributed by atoms with Crippen LogP contribution in [0.4, 0.5) is 0 Å². The van der Waals surface area contributed by atoms with Crippen LogP contribution in [0.3, 0.4) is 0 Å². The van der Waals surface area contributed by atoms with E-state index < -0.39 is 0 Å². The third-order valence-corrected chi connectivity index (χ3v) is 3.21. The molecule has 1 aliphatic rings. The fourth-order valence-corrected chi connectivity index (χ4v) is 2.08. The molecule has 1 aliphatic carbocycles. The van der Waals surface area contributed by atoms with Crippen LogP contribution in [0.15, 0.2) is 29.6 Å². The van der Waals surface area contributed by atoms with Gasteiger partial charge in [-0.25, -0.2) is 4.79 Å². The Labute approximate surface area is 99.3 Å². The molecule has 0 N–H and O–H groups in total. The minimum Gasteiger partial charge on any atom is -0.299 e. The van der Waals surface area contributed by atoms with Crippen molar-refractivity contribution in [2.24, 2.45) is 7.05 Å². The van der Waals surface area contributed by atoms with Gasteiger partial charge in [-0.05, 0) is 24.8 Å². The van der Waals surface area contributed by atoms with E-state index in [4.69, 9.17) is 0 Å². The maximum Gasteiger partial charge on any atom is 0.328 e. The molecule has 5 heteroatoms. The minimum absolute atomic E-state index is 0.122. The van der Waals surface area contributed by atoms with E-state index >= 15 is 0 Å². The lowest BCUT2D eigenvalue weighted by molar-refractivity contribution is 0.619. The monoisotopic (exact) mass is 232 g/mol. The van der Waals surface area contributed by atoms with E-state index in [2.05, 4.69) is 5.10 Å². The summed E-state index contributed by atoms with van der Waals surface area (Å²) in [4.78, 5) is 12.0. The van der Waals surface area contributed by atoms with E-state index in [1.807, 2.05) is 36.4 Å². The molecule has 3 rings (SSSR count). The Balaban J connectivity index is 1.71. The van der Waals surface area contributed by atoms with Gasteiger partial charge in [-0.15, -0.1) is 0 Å². The first-order valence-electron chi connectivity index (χ1n) is 5.99. The molecule has 0 saturated heterocycles. The molecule has 17 heavy (non-hydrogen) atoms. The van der Waals surface area contributed by atoms with Crippen LogP contribution in [0.25, 0.3) is 0 Å². The van der Waals surface area contributed by atoms with Gasteiger partial charge in [0.25, 0.3) is 0 Å². The van der Waals surface area contributed by atoms with E-state index in [-0.39, 0.29) is 5.69 Å². The maximum absolute atomic E-state index is 12.0. The van der Waals surface area contributed by atoms with E-state index in [9.17, 15) is 4.79 Å². The van der Waals surface area contributed by atoms with Crippen LogP contribution in [0, 0.1) is 0 Å². The summed E-state index contributed by atoms with van der Waals surface area (Å²) in [5, 5.41) is 4.12. The van der Waals surface area contributed by atoms with Crippen LogP contribution in [-0.4, -0.2) is 18.9 Å². The average molecular weight is 232 g/mol. The number of nitrogens with zero attached hydrogens (tertiary/aromatic N) is 4. The number of rotatable bonds is 4. The van der Waals surface area contributed by atoms with Gasteiger partial charge >= 0.3 is 5.69 Å². The molecule has 1 saturated carbocycles. The molecule has 0 radical (unpaired) electrons. The highest BCUT2D eigenvalue weighted by molar-refractivity contribution is 5.03. The highest BCUT2D eigenvalue weighted by Gasteiger charge is 2.25. The van der Waals surface area contributed by atoms with Gasteiger partial charge < -0.3 is 0 Å². The number of aryl methyl sites for hydroxylation is 3. The van der Waals surface area contributed by atoms with Crippen LogP contribution in [-0.2, 0) is 20.0 Å². The van der Waals surface area contributed by atoms with Crippen LogP contribution < -0.4 is 5.69 Å². The normalized spacial score (nSPS) is 15.4. The van der Waals surface area contributed by atoms with Crippen LogP contribution in [0.5, 0.6) is 0 Å². The van der Waals surface area contributed by atoms with Gasteiger partial charge in [-0.3, -0.25) is 13.8 Å². The number of hydrogen-bond acceptors (Lipinski definition) is 2. The minimum atomic E-state index is 0.122. The average Bonchev–Trinajstić information content (AvgIpc) is 2.97. The molecule has 0 bridgehead atoms. The Hall–Kier alpha value is -1.78. The zero-order valence-electron chi connectivity index (χ0n) is 9.91. The lowest BCUT2D eigenvalue weighted by atomic mass is 10.2. The second-order valence-electron chi connectivity index (χ2n) is 4.68. The lowest BCUT2D eigenvalue weighted by Crippen LogP contribution is -2.24. The Morgan fingerprint density at radius 1 is 1.41 bits per heavy atom. The van der Waals surface area contributed by atoms with E-state index in [0.29, 0.717) is 6.04 Å². The quantitative estimate of drug-likeness (QED) is 0.788. The second-order valence-corrected chi connectivity index (χ2v) is 4.68. The van der Waals surface area contributed by atoms with Crippen molar-refractivity contribution in [2.45, 2.75) is 31.8 Å². The molecular weight excluding hydrogens is 216 g/mol. The van der Waals surface area contributed by atoms with Gasteiger partial charge in [0, 0.05) is 38.2 Å². The van der Waals surface area contributed by atoms with Crippen molar-refractivity contribution in [1.29, 1.82) is 0 Å². The molecule has 0 unspecified atom stereocenters. The Bertz CT molecular complexity index is 573. The van der Waals surface area contributed by atoms with Gasteiger partial charge in [0.1, 0.15) is 0 Å². The standard InChI is InChI=1S/C12H16N4O/c1-14-9-10(8-13-14)4-5-15-6-7-16(12(15)17)11-2-3-11/h6-9,11H,2-5H2,1H3. The fraction of sp³-hybridized carbons (Fsp3) is 0.500. The molecule has 90 valence electrons. The van der Waals surface area contributed by atoms with Crippen LogP contribution in [0.1, 0.15) is 24.4 Å². The summed E-state index contributed by atoms with van der Waals surface area (Å²) in [6.07, 6.45) is 10.8. The molecule has 0 amide bonds. The summed E-state index contributed by atoms with van der Waals surface area (Å²) in [6.45, 7) is 0.726. The van der Waals surface area contributed by atoms with Gasteiger partial charge in [-0.2, -0.15) is 5.10 Å². The molecule has 2 aromatic heterocycles. The van der Waals surface area contributed by atoms with Crippen molar-refractivity contribution in [3.8, 4) is 0 Å². The molecule has 0 aromatic carbocycles. The van der Waals surface area contributed by atoms with E-state index in [0.717, 1.165) is 25.8 Å². The zero-order valence-corrected chi connectivity index (χ0v) is 9.91. The number of imidazole rings is 1. The first kappa shape index (κ1) is 10.4. The lowest BCUT2D eigenvalue weighted by Gasteiger charge is -1.99. The van der Waals surface area contributed by atoms with Gasteiger partial charge in [-0.1, -0.05) is 0 Å². The van der Waals surface area contributed by atoms with Crippen molar-refractivity contribution in [1.82, 2.24) is 18.9 Å².